The molecule has 0 saturated heterocycles. The van der Waals surface area contributed by atoms with Gasteiger partial charge in [-0.25, -0.2) is 0 Å². The van der Waals surface area contributed by atoms with Crippen LogP contribution in [0, 0.1) is 5.92 Å². The molecule has 1 heterocycles. The number of amides is 1. The number of rotatable bonds is 5. The fourth-order valence-corrected chi connectivity index (χ4v) is 2.53. The van der Waals surface area contributed by atoms with Crippen LogP contribution in [0.3, 0.4) is 0 Å². The maximum atomic E-state index is 12.4. The Balaban J connectivity index is 2.10. The molecule has 21 heavy (non-hydrogen) atoms. The predicted octanol–water partition coefficient (Wildman–Crippen LogP) is 2.54. The lowest BCUT2D eigenvalue weighted by molar-refractivity contribution is -0.133. The number of carbonyl (C=O) groups is 1. The van der Waals surface area contributed by atoms with Crippen molar-refractivity contribution < 1.29 is 4.79 Å². The van der Waals surface area contributed by atoms with Gasteiger partial charge >= 0.3 is 0 Å². The van der Waals surface area contributed by atoms with Crippen LogP contribution in [-0.4, -0.2) is 34.9 Å². The minimum absolute atomic E-state index is 0.00137. The molecule has 0 aliphatic heterocycles. The Morgan fingerprint density at radius 2 is 1.95 bits per heavy atom. The van der Waals surface area contributed by atoms with Gasteiger partial charge in [0.15, 0.2) is 0 Å². The van der Waals surface area contributed by atoms with Crippen LogP contribution in [0.5, 0.6) is 0 Å². The molecule has 4 heteroatoms. The predicted molar refractivity (Wildman–Crippen MR) is 87.0 cm³/mol. The molecule has 1 amide bonds. The third-order valence-corrected chi connectivity index (χ3v) is 4.36. The molecule has 4 nitrogen and oxygen atoms in total. The van der Waals surface area contributed by atoms with E-state index in [1.54, 1.807) is 4.90 Å². The Kier molecular flexibility index (Phi) is 4.68. The van der Waals surface area contributed by atoms with Crippen LogP contribution >= 0.6 is 0 Å². The number of likely N-dealkylation sites (N-methyl/N-ethyl adjacent to an activating group) is 1. The molecular weight excluding hydrogens is 262 g/mol. The zero-order valence-corrected chi connectivity index (χ0v) is 13.3. The van der Waals surface area contributed by atoms with Crippen LogP contribution in [0.25, 0.3) is 10.9 Å². The van der Waals surface area contributed by atoms with Crippen molar-refractivity contribution in [2.24, 2.45) is 11.7 Å². The van der Waals surface area contributed by atoms with Gasteiger partial charge in [0.2, 0.25) is 5.91 Å². The molecule has 114 valence electrons. The lowest BCUT2D eigenvalue weighted by Crippen LogP contribution is -2.48. The highest BCUT2D eigenvalue weighted by atomic mass is 16.2. The summed E-state index contributed by atoms with van der Waals surface area (Å²) in [6.07, 6.45) is 2.50. The van der Waals surface area contributed by atoms with Gasteiger partial charge in [0.1, 0.15) is 0 Å². The van der Waals surface area contributed by atoms with E-state index < -0.39 is 6.04 Å². The van der Waals surface area contributed by atoms with Gasteiger partial charge in [-0.05, 0) is 30.9 Å². The van der Waals surface area contributed by atoms with Crippen molar-refractivity contribution in [2.45, 2.75) is 39.3 Å². The molecular formula is C17H25N3O. The summed E-state index contributed by atoms with van der Waals surface area (Å²) in [5, 5.41) is 1.14. The first kappa shape index (κ1) is 15.6. The zero-order valence-electron chi connectivity index (χ0n) is 13.3. The number of aromatic amines is 1. The highest BCUT2D eigenvalue weighted by Crippen LogP contribution is 2.19. The summed E-state index contributed by atoms with van der Waals surface area (Å²) in [6, 6.07) is 7.76. The van der Waals surface area contributed by atoms with Crippen molar-refractivity contribution >= 4 is 16.8 Å². The van der Waals surface area contributed by atoms with Gasteiger partial charge in [0.25, 0.3) is 0 Å². The Bertz CT molecular complexity index is 617. The van der Waals surface area contributed by atoms with Crippen LogP contribution in [0.4, 0.5) is 0 Å². The molecule has 3 N–H and O–H groups in total. The van der Waals surface area contributed by atoms with Crippen molar-refractivity contribution in [3.63, 3.8) is 0 Å². The zero-order chi connectivity index (χ0) is 15.6. The first-order valence-corrected chi connectivity index (χ1v) is 7.49. The number of H-pyrrole nitrogens is 1. The van der Waals surface area contributed by atoms with E-state index >= 15 is 0 Å². The number of nitrogens with zero attached hydrogens (tertiary/aromatic N) is 1. The van der Waals surface area contributed by atoms with Gasteiger partial charge in [0, 0.05) is 30.2 Å². The van der Waals surface area contributed by atoms with E-state index in [0.29, 0.717) is 12.3 Å². The Hall–Kier alpha value is -1.81. The summed E-state index contributed by atoms with van der Waals surface area (Å²) in [7, 11) is 1.84. The standard InChI is InChI=1S/C17H25N3O/c1-11(2)12(3)20(4)17(21)15(18)9-13-10-19-16-8-6-5-7-14(13)16/h5-8,10-12,15,19H,9,18H2,1-4H3/t12?,15-/m0/s1. The van der Waals surface area contributed by atoms with E-state index in [4.69, 9.17) is 5.73 Å². The number of benzene rings is 1. The smallest absolute Gasteiger partial charge is 0.239 e. The number of nitrogens with one attached hydrogen (secondary N) is 1. The summed E-state index contributed by atoms with van der Waals surface area (Å²) >= 11 is 0. The number of carbonyl (C=O) groups excluding carboxylic acids is 1. The number of fused-ring (bicyclic) bond motifs is 1. The van der Waals surface area contributed by atoms with Crippen LogP contribution in [0.15, 0.2) is 30.5 Å². The molecule has 0 bridgehead atoms. The normalized spacial score (nSPS) is 14.4. The van der Waals surface area contributed by atoms with Crippen molar-refractivity contribution in [1.82, 2.24) is 9.88 Å². The highest BCUT2D eigenvalue weighted by molar-refractivity contribution is 5.86. The van der Waals surface area contributed by atoms with Crippen molar-refractivity contribution in [3.05, 3.63) is 36.0 Å². The lowest BCUT2D eigenvalue weighted by atomic mass is 10.0. The van der Waals surface area contributed by atoms with Crippen LogP contribution in [0.2, 0.25) is 0 Å². The van der Waals surface area contributed by atoms with Gasteiger partial charge in [-0.1, -0.05) is 32.0 Å². The van der Waals surface area contributed by atoms with Gasteiger partial charge in [0.05, 0.1) is 6.04 Å². The molecule has 0 radical (unpaired) electrons. The summed E-state index contributed by atoms with van der Waals surface area (Å²) in [6.45, 7) is 6.28. The van der Waals surface area contributed by atoms with Crippen molar-refractivity contribution in [1.29, 1.82) is 0 Å². The second-order valence-electron chi connectivity index (χ2n) is 6.10. The Morgan fingerprint density at radius 3 is 2.62 bits per heavy atom. The number of para-hydroxylation sites is 1. The summed E-state index contributed by atoms with van der Waals surface area (Å²) in [5.74, 6) is 0.417. The molecule has 1 aromatic heterocycles. The van der Waals surface area contributed by atoms with Gasteiger partial charge in [-0.2, -0.15) is 0 Å². The quantitative estimate of drug-likeness (QED) is 0.887. The summed E-state index contributed by atoms with van der Waals surface area (Å²) < 4.78 is 0. The van der Waals surface area contributed by atoms with E-state index in [-0.39, 0.29) is 11.9 Å². The van der Waals surface area contributed by atoms with Crippen molar-refractivity contribution in [3.8, 4) is 0 Å². The monoisotopic (exact) mass is 287 g/mol. The molecule has 0 aliphatic rings. The number of aromatic nitrogens is 1. The van der Waals surface area contributed by atoms with E-state index in [1.165, 1.54) is 0 Å². The van der Waals surface area contributed by atoms with Crippen LogP contribution in [0.1, 0.15) is 26.3 Å². The fraction of sp³-hybridized carbons (Fsp3) is 0.471. The van der Waals surface area contributed by atoms with E-state index in [9.17, 15) is 4.79 Å². The fourth-order valence-electron chi connectivity index (χ4n) is 2.53. The largest absolute Gasteiger partial charge is 0.361 e. The second-order valence-corrected chi connectivity index (χ2v) is 6.10. The van der Waals surface area contributed by atoms with E-state index in [0.717, 1.165) is 16.5 Å². The van der Waals surface area contributed by atoms with Crippen LogP contribution in [-0.2, 0) is 11.2 Å². The Morgan fingerprint density at radius 1 is 1.29 bits per heavy atom. The summed E-state index contributed by atoms with van der Waals surface area (Å²) in [4.78, 5) is 17.4. The van der Waals surface area contributed by atoms with E-state index in [1.807, 2.05) is 31.4 Å². The van der Waals surface area contributed by atoms with Crippen LogP contribution < -0.4 is 5.73 Å². The SMILES string of the molecule is CC(C)C(C)N(C)C(=O)[C@@H](N)Cc1c[nH]c2ccccc12. The molecule has 0 fully saturated rings. The van der Waals surface area contributed by atoms with Crippen molar-refractivity contribution in [2.75, 3.05) is 7.05 Å². The number of hydrogen-bond acceptors (Lipinski definition) is 2. The Labute approximate surface area is 126 Å². The molecule has 2 atom stereocenters. The molecule has 0 spiro atoms. The minimum atomic E-state index is -0.504. The maximum Gasteiger partial charge on any atom is 0.239 e. The lowest BCUT2D eigenvalue weighted by Gasteiger charge is -2.30. The molecule has 2 rings (SSSR count). The number of hydrogen-bond donors (Lipinski definition) is 2. The third kappa shape index (κ3) is 3.27. The molecule has 1 unspecified atom stereocenters. The molecule has 2 aromatic rings. The third-order valence-electron chi connectivity index (χ3n) is 4.36. The van der Waals surface area contributed by atoms with Gasteiger partial charge in [-0.3, -0.25) is 4.79 Å². The second kappa shape index (κ2) is 6.31. The maximum absolute atomic E-state index is 12.4. The van der Waals surface area contributed by atoms with Gasteiger partial charge in [-0.15, -0.1) is 0 Å². The highest BCUT2D eigenvalue weighted by Gasteiger charge is 2.24. The molecule has 0 aliphatic carbocycles. The molecule has 1 aromatic carbocycles. The van der Waals surface area contributed by atoms with Gasteiger partial charge < -0.3 is 15.6 Å². The summed E-state index contributed by atoms with van der Waals surface area (Å²) in [5.41, 5.74) is 8.31. The average Bonchev–Trinajstić information content (AvgIpc) is 2.88. The number of nitrogens with two attached hydrogens (primary N) is 1. The molecule has 0 saturated carbocycles. The first-order chi connectivity index (χ1) is 9.91. The minimum Gasteiger partial charge on any atom is -0.361 e. The average molecular weight is 287 g/mol. The topological polar surface area (TPSA) is 62.1 Å². The first-order valence-electron chi connectivity index (χ1n) is 7.49. The van der Waals surface area contributed by atoms with E-state index in [2.05, 4.69) is 31.8 Å².